The molecule has 1 aliphatic rings. The molecule has 1 aromatic carbocycles. The largest absolute Gasteiger partial charge is 0.490 e. The van der Waals surface area contributed by atoms with Gasteiger partial charge in [0.2, 0.25) is 5.91 Å². The Kier molecular flexibility index (Phi) is 6.15. The van der Waals surface area contributed by atoms with Gasteiger partial charge in [-0.05, 0) is 43.9 Å². The number of ether oxygens (including phenoxy) is 2. The van der Waals surface area contributed by atoms with Gasteiger partial charge in [-0.15, -0.1) is 0 Å². The molecule has 0 spiro atoms. The van der Waals surface area contributed by atoms with E-state index >= 15 is 0 Å². The van der Waals surface area contributed by atoms with Gasteiger partial charge >= 0.3 is 6.61 Å². The van der Waals surface area contributed by atoms with Crippen LogP contribution >= 0.6 is 0 Å². The van der Waals surface area contributed by atoms with Crippen molar-refractivity contribution in [1.29, 1.82) is 0 Å². The second-order valence-electron chi connectivity index (χ2n) is 5.58. The third kappa shape index (κ3) is 5.06. The summed E-state index contributed by atoms with van der Waals surface area (Å²) in [5.41, 5.74) is 6.56. The fraction of sp³-hybridized carbons (Fsp3) is 0.562. The minimum atomic E-state index is -2.91. The van der Waals surface area contributed by atoms with E-state index in [1.165, 1.54) is 6.07 Å². The maximum Gasteiger partial charge on any atom is 0.387 e. The molecule has 1 saturated carbocycles. The zero-order chi connectivity index (χ0) is 16.8. The number of hydrogen-bond donors (Lipinski definition) is 2. The third-order valence-electron chi connectivity index (χ3n) is 3.83. The Morgan fingerprint density at radius 3 is 2.78 bits per heavy atom. The maximum absolute atomic E-state index is 12.4. The first-order chi connectivity index (χ1) is 11.0. The van der Waals surface area contributed by atoms with Gasteiger partial charge in [-0.2, -0.15) is 8.78 Å². The van der Waals surface area contributed by atoms with Crippen LogP contribution in [-0.4, -0.2) is 25.2 Å². The van der Waals surface area contributed by atoms with Crippen LogP contribution in [-0.2, 0) is 11.3 Å². The Balaban J connectivity index is 1.96. The third-order valence-corrected chi connectivity index (χ3v) is 3.83. The minimum absolute atomic E-state index is 0.0151. The van der Waals surface area contributed by atoms with Gasteiger partial charge in [0.1, 0.15) is 0 Å². The molecule has 5 nitrogen and oxygen atoms in total. The van der Waals surface area contributed by atoms with Gasteiger partial charge in [0.25, 0.3) is 0 Å². The summed E-state index contributed by atoms with van der Waals surface area (Å²) < 4.78 is 34.4. The van der Waals surface area contributed by atoms with Crippen LogP contribution in [0.3, 0.4) is 0 Å². The molecule has 1 amide bonds. The number of benzene rings is 1. The molecule has 0 aliphatic heterocycles. The van der Waals surface area contributed by atoms with Crippen LogP contribution in [0.1, 0.15) is 31.7 Å². The summed E-state index contributed by atoms with van der Waals surface area (Å²) in [7, 11) is 0. The smallest absolute Gasteiger partial charge is 0.387 e. The highest BCUT2D eigenvalue weighted by molar-refractivity contribution is 5.79. The van der Waals surface area contributed by atoms with Crippen molar-refractivity contribution < 1.29 is 23.0 Å². The zero-order valence-electron chi connectivity index (χ0n) is 13.1. The molecule has 0 aromatic heterocycles. The molecule has 0 radical (unpaired) electrons. The lowest BCUT2D eigenvalue weighted by Gasteiger charge is -2.14. The molecule has 23 heavy (non-hydrogen) atoms. The van der Waals surface area contributed by atoms with Gasteiger partial charge in [-0.1, -0.05) is 6.07 Å². The predicted octanol–water partition coefficient (Wildman–Crippen LogP) is 2.43. The fourth-order valence-corrected chi connectivity index (χ4v) is 2.71. The van der Waals surface area contributed by atoms with Crippen LogP contribution in [0.2, 0.25) is 0 Å². The average molecular weight is 328 g/mol. The quantitative estimate of drug-likeness (QED) is 0.806. The SMILES string of the molecule is CCOc1cc(CNC(=O)C2CCC(N)C2)ccc1OC(F)F. The van der Waals surface area contributed by atoms with E-state index in [4.69, 9.17) is 10.5 Å². The summed E-state index contributed by atoms with van der Waals surface area (Å²) in [6, 6.07) is 4.74. The van der Waals surface area contributed by atoms with E-state index in [1.807, 2.05) is 0 Å². The lowest BCUT2D eigenvalue weighted by molar-refractivity contribution is -0.125. The summed E-state index contributed by atoms with van der Waals surface area (Å²) in [4.78, 5) is 12.1. The number of alkyl halides is 2. The molecule has 1 aromatic rings. The van der Waals surface area contributed by atoms with Crippen LogP contribution in [0.4, 0.5) is 8.78 Å². The van der Waals surface area contributed by atoms with Crippen molar-refractivity contribution in [2.24, 2.45) is 11.7 Å². The van der Waals surface area contributed by atoms with Crippen LogP contribution < -0.4 is 20.5 Å². The highest BCUT2D eigenvalue weighted by atomic mass is 19.3. The molecule has 2 unspecified atom stereocenters. The lowest BCUT2D eigenvalue weighted by Crippen LogP contribution is -2.30. The van der Waals surface area contributed by atoms with Crippen molar-refractivity contribution in [2.75, 3.05) is 6.61 Å². The highest BCUT2D eigenvalue weighted by Crippen LogP contribution is 2.30. The second-order valence-corrected chi connectivity index (χ2v) is 5.58. The fourth-order valence-electron chi connectivity index (χ4n) is 2.71. The molecular weight excluding hydrogens is 306 g/mol. The summed E-state index contributed by atoms with van der Waals surface area (Å²) in [6.07, 6.45) is 2.38. The summed E-state index contributed by atoms with van der Waals surface area (Å²) in [5, 5.41) is 2.85. The van der Waals surface area contributed by atoms with E-state index < -0.39 is 6.61 Å². The van der Waals surface area contributed by atoms with Gasteiger partial charge in [0.05, 0.1) is 6.61 Å². The van der Waals surface area contributed by atoms with E-state index in [9.17, 15) is 13.6 Å². The molecule has 128 valence electrons. The normalized spacial score (nSPS) is 20.6. The van der Waals surface area contributed by atoms with Crippen LogP contribution in [0.5, 0.6) is 11.5 Å². The first-order valence-corrected chi connectivity index (χ1v) is 7.73. The van der Waals surface area contributed by atoms with E-state index in [2.05, 4.69) is 10.1 Å². The van der Waals surface area contributed by atoms with E-state index in [0.717, 1.165) is 18.4 Å². The standard InChI is InChI=1S/C16H22F2N2O3/c1-2-22-14-7-10(3-6-13(14)23-16(17)18)9-20-15(21)11-4-5-12(19)8-11/h3,6-7,11-12,16H,2,4-5,8-9,19H2,1H3,(H,20,21). The molecule has 0 heterocycles. The van der Waals surface area contributed by atoms with Gasteiger partial charge < -0.3 is 20.5 Å². The van der Waals surface area contributed by atoms with Gasteiger partial charge in [-0.3, -0.25) is 4.79 Å². The number of rotatable bonds is 7. The highest BCUT2D eigenvalue weighted by Gasteiger charge is 2.27. The van der Waals surface area contributed by atoms with Crippen molar-refractivity contribution in [3.05, 3.63) is 23.8 Å². The number of nitrogens with one attached hydrogen (secondary N) is 1. The number of amides is 1. The predicted molar refractivity (Wildman–Crippen MR) is 81.4 cm³/mol. The Hall–Kier alpha value is -1.89. The van der Waals surface area contributed by atoms with Gasteiger partial charge in [-0.25, -0.2) is 0 Å². The Morgan fingerprint density at radius 2 is 2.17 bits per heavy atom. The topological polar surface area (TPSA) is 73.6 Å². The minimum Gasteiger partial charge on any atom is -0.490 e. The van der Waals surface area contributed by atoms with Gasteiger partial charge in [0.15, 0.2) is 11.5 Å². The number of carbonyl (C=O) groups is 1. The summed E-state index contributed by atoms with van der Waals surface area (Å²) >= 11 is 0. The number of halogens is 2. The zero-order valence-corrected chi connectivity index (χ0v) is 13.1. The summed E-state index contributed by atoms with van der Waals surface area (Å²) in [6.45, 7) is -0.523. The monoisotopic (exact) mass is 328 g/mol. The molecule has 3 N–H and O–H groups in total. The van der Waals surface area contributed by atoms with Crippen LogP contribution in [0.15, 0.2) is 18.2 Å². The molecular formula is C16H22F2N2O3. The number of nitrogens with two attached hydrogens (primary N) is 1. The first-order valence-electron chi connectivity index (χ1n) is 7.73. The van der Waals surface area contributed by atoms with Gasteiger partial charge in [0, 0.05) is 18.5 Å². The Bertz CT molecular complexity index is 540. The molecule has 0 saturated heterocycles. The van der Waals surface area contributed by atoms with Crippen LogP contribution in [0.25, 0.3) is 0 Å². The molecule has 2 rings (SSSR count). The molecule has 1 aliphatic carbocycles. The lowest BCUT2D eigenvalue weighted by atomic mass is 10.1. The molecule has 0 bridgehead atoms. The van der Waals surface area contributed by atoms with Crippen molar-refractivity contribution >= 4 is 5.91 Å². The van der Waals surface area contributed by atoms with Crippen molar-refractivity contribution in [3.63, 3.8) is 0 Å². The van der Waals surface area contributed by atoms with Crippen molar-refractivity contribution in [3.8, 4) is 11.5 Å². The van der Waals surface area contributed by atoms with E-state index in [-0.39, 0.29) is 29.4 Å². The van der Waals surface area contributed by atoms with Crippen molar-refractivity contribution in [2.45, 2.75) is 45.4 Å². The second kappa shape index (κ2) is 8.10. The Labute approximate surface area is 134 Å². The number of carbonyl (C=O) groups excluding carboxylic acids is 1. The average Bonchev–Trinajstić information content (AvgIpc) is 2.93. The maximum atomic E-state index is 12.4. The van der Waals surface area contributed by atoms with Crippen molar-refractivity contribution in [1.82, 2.24) is 5.32 Å². The molecule has 7 heteroatoms. The van der Waals surface area contributed by atoms with E-state index in [1.54, 1.807) is 19.1 Å². The van der Waals surface area contributed by atoms with Crippen LogP contribution in [0, 0.1) is 5.92 Å². The van der Waals surface area contributed by atoms with E-state index in [0.29, 0.717) is 19.6 Å². The first kappa shape index (κ1) is 17.5. The number of hydrogen-bond acceptors (Lipinski definition) is 4. The Morgan fingerprint density at radius 1 is 1.39 bits per heavy atom. The molecule has 1 fully saturated rings. The summed E-state index contributed by atoms with van der Waals surface area (Å²) in [5.74, 6) is 0.155. The molecule has 2 atom stereocenters.